The van der Waals surface area contributed by atoms with Crippen molar-refractivity contribution in [1.82, 2.24) is 15.1 Å². The van der Waals surface area contributed by atoms with Crippen LogP contribution in [0.4, 0.5) is 0 Å². The summed E-state index contributed by atoms with van der Waals surface area (Å²) in [6, 6.07) is 2.01. The van der Waals surface area contributed by atoms with E-state index < -0.39 is 5.54 Å². The van der Waals surface area contributed by atoms with Gasteiger partial charge in [-0.2, -0.15) is 5.10 Å². The molecule has 0 bridgehead atoms. The van der Waals surface area contributed by atoms with Gasteiger partial charge in [0.05, 0.1) is 0 Å². The standard InChI is InChI=1S/C12H19N3O/c1-10(2)11-3-6-14-15(11)12(9-16)4-7-13-8-5-12/h3,6,9-10,13H,4-5,7-8H2,1-2H3. The van der Waals surface area contributed by atoms with Crippen LogP contribution in [0.5, 0.6) is 0 Å². The summed E-state index contributed by atoms with van der Waals surface area (Å²) >= 11 is 0. The molecule has 0 saturated carbocycles. The number of nitrogens with zero attached hydrogens (tertiary/aromatic N) is 2. The number of carbonyl (C=O) groups is 1. The molecule has 88 valence electrons. The van der Waals surface area contributed by atoms with Crippen LogP contribution in [-0.4, -0.2) is 29.2 Å². The molecule has 0 atom stereocenters. The Kier molecular flexibility index (Phi) is 3.10. The van der Waals surface area contributed by atoms with Gasteiger partial charge >= 0.3 is 0 Å². The Bertz CT molecular complexity index is 364. The lowest BCUT2D eigenvalue weighted by atomic mass is 9.89. The summed E-state index contributed by atoms with van der Waals surface area (Å²) in [6.07, 6.45) is 4.53. The van der Waals surface area contributed by atoms with Crippen molar-refractivity contribution in [2.45, 2.75) is 38.1 Å². The van der Waals surface area contributed by atoms with Gasteiger partial charge in [-0.25, -0.2) is 0 Å². The van der Waals surface area contributed by atoms with Gasteiger partial charge < -0.3 is 10.1 Å². The first-order valence-electron chi connectivity index (χ1n) is 5.91. The first-order valence-corrected chi connectivity index (χ1v) is 5.91. The Morgan fingerprint density at radius 1 is 1.50 bits per heavy atom. The number of nitrogens with one attached hydrogen (secondary N) is 1. The minimum absolute atomic E-state index is 0.397. The Balaban J connectivity index is 2.39. The van der Waals surface area contributed by atoms with E-state index in [9.17, 15) is 4.79 Å². The van der Waals surface area contributed by atoms with Gasteiger partial charge in [0.2, 0.25) is 0 Å². The summed E-state index contributed by atoms with van der Waals surface area (Å²) in [6.45, 7) is 6.03. The molecule has 1 aliphatic heterocycles. The third-order valence-electron chi connectivity index (χ3n) is 3.37. The molecule has 0 amide bonds. The van der Waals surface area contributed by atoms with E-state index in [0.29, 0.717) is 5.92 Å². The normalized spacial score (nSPS) is 19.9. The molecule has 1 aromatic heterocycles. The average molecular weight is 221 g/mol. The van der Waals surface area contributed by atoms with E-state index in [-0.39, 0.29) is 0 Å². The first kappa shape index (κ1) is 11.3. The first-order chi connectivity index (χ1) is 7.69. The zero-order valence-corrected chi connectivity index (χ0v) is 9.94. The lowest BCUT2D eigenvalue weighted by Crippen LogP contribution is -2.46. The largest absolute Gasteiger partial charge is 0.317 e. The van der Waals surface area contributed by atoms with E-state index in [1.807, 2.05) is 10.7 Å². The minimum atomic E-state index is -0.422. The van der Waals surface area contributed by atoms with Crippen LogP contribution in [-0.2, 0) is 10.3 Å². The van der Waals surface area contributed by atoms with Crippen molar-refractivity contribution in [3.63, 3.8) is 0 Å². The van der Waals surface area contributed by atoms with Crippen molar-refractivity contribution in [1.29, 1.82) is 0 Å². The Hall–Kier alpha value is -1.16. The maximum absolute atomic E-state index is 11.5. The lowest BCUT2D eigenvalue weighted by molar-refractivity contribution is -0.117. The fraction of sp³-hybridized carbons (Fsp3) is 0.667. The number of hydrogen-bond acceptors (Lipinski definition) is 3. The van der Waals surface area contributed by atoms with Crippen LogP contribution in [0.15, 0.2) is 12.3 Å². The fourth-order valence-electron chi connectivity index (χ4n) is 2.36. The second-order valence-corrected chi connectivity index (χ2v) is 4.79. The molecule has 0 aromatic carbocycles. The van der Waals surface area contributed by atoms with Gasteiger partial charge in [0.1, 0.15) is 11.8 Å². The second kappa shape index (κ2) is 4.37. The minimum Gasteiger partial charge on any atom is -0.317 e. The van der Waals surface area contributed by atoms with E-state index in [1.165, 1.54) is 0 Å². The highest BCUT2D eigenvalue weighted by atomic mass is 16.1. The maximum Gasteiger partial charge on any atom is 0.147 e. The molecule has 0 spiro atoms. The number of rotatable bonds is 3. The van der Waals surface area contributed by atoms with Crippen LogP contribution in [0.2, 0.25) is 0 Å². The summed E-state index contributed by atoms with van der Waals surface area (Å²) in [7, 11) is 0. The quantitative estimate of drug-likeness (QED) is 0.782. The molecule has 1 aliphatic rings. The van der Waals surface area contributed by atoms with Gasteiger partial charge in [-0.3, -0.25) is 4.68 Å². The number of piperidine rings is 1. The summed E-state index contributed by atoms with van der Waals surface area (Å²) in [5.41, 5.74) is 0.725. The Morgan fingerprint density at radius 2 is 2.19 bits per heavy atom. The fourth-order valence-corrected chi connectivity index (χ4v) is 2.36. The molecule has 4 heteroatoms. The summed E-state index contributed by atoms with van der Waals surface area (Å²) < 4.78 is 1.94. The molecule has 0 aliphatic carbocycles. The number of aromatic nitrogens is 2. The van der Waals surface area contributed by atoms with Gasteiger partial charge in [0.25, 0.3) is 0 Å². The van der Waals surface area contributed by atoms with E-state index in [0.717, 1.165) is 37.9 Å². The Labute approximate surface area is 96.0 Å². The van der Waals surface area contributed by atoms with Gasteiger partial charge in [0.15, 0.2) is 0 Å². The summed E-state index contributed by atoms with van der Waals surface area (Å²) in [4.78, 5) is 11.5. The second-order valence-electron chi connectivity index (χ2n) is 4.79. The van der Waals surface area contributed by atoms with Crippen LogP contribution in [0.3, 0.4) is 0 Å². The van der Waals surface area contributed by atoms with E-state index in [4.69, 9.17) is 0 Å². The molecule has 0 radical (unpaired) electrons. The van der Waals surface area contributed by atoms with Crippen LogP contribution in [0, 0.1) is 0 Å². The monoisotopic (exact) mass is 221 g/mol. The van der Waals surface area contributed by atoms with Gasteiger partial charge in [0, 0.05) is 11.9 Å². The topological polar surface area (TPSA) is 46.9 Å². The van der Waals surface area contributed by atoms with Gasteiger partial charge in [-0.15, -0.1) is 0 Å². The summed E-state index contributed by atoms with van der Waals surface area (Å²) in [5.74, 6) is 0.397. The zero-order valence-electron chi connectivity index (χ0n) is 9.94. The zero-order chi connectivity index (χ0) is 11.6. The average Bonchev–Trinajstić information content (AvgIpc) is 2.79. The predicted octanol–water partition coefficient (Wildman–Crippen LogP) is 1.28. The molecular weight excluding hydrogens is 202 g/mol. The molecule has 2 heterocycles. The smallest absolute Gasteiger partial charge is 0.147 e. The molecule has 1 fully saturated rings. The molecule has 16 heavy (non-hydrogen) atoms. The molecule has 2 rings (SSSR count). The van der Waals surface area contributed by atoms with E-state index >= 15 is 0 Å². The van der Waals surface area contributed by atoms with Crippen molar-refractivity contribution in [2.75, 3.05) is 13.1 Å². The molecule has 1 N–H and O–H groups in total. The number of aldehydes is 1. The van der Waals surface area contributed by atoms with Crippen molar-refractivity contribution in [2.24, 2.45) is 0 Å². The molecule has 1 aromatic rings. The summed E-state index contributed by atoms with van der Waals surface area (Å²) in [5, 5.41) is 7.65. The van der Waals surface area contributed by atoms with Crippen molar-refractivity contribution in [3.8, 4) is 0 Å². The van der Waals surface area contributed by atoms with Gasteiger partial charge in [-0.05, 0) is 37.9 Å². The molecule has 0 unspecified atom stereocenters. The van der Waals surface area contributed by atoms with Crippen molar-refractivity contribution in [3.05, 3.63) is 18.0 Å². The van der Waals surface area contributed by atoms with Gasteiger partial charge in [-0.1, -0.05) is 13.8 Å². The number of hydrogen-bond donors (Lipinski definition) is 1. The number of carbonyl (C=O) groups excluding carboxylic acids is 1. The van der Waals surface area contributed by atoms with Crippen LogP contribution < -0.4 is 5.32 Å². The lowest BCUT2D eigenvalue weighted by Gasteiger charge is -2.34. The van der Waals surface area contributed by atoms with Crippen LogP contribution >= 0.6 is 0 Å². The van der Waals surface area contributed by atoms with E-state index in [2.05, 4.69) is 24.3 Å². The third-order valence-corrected chi connectivity index (χ3v) is 3.37. The molecule has 1 saturated heterocycles. The third kappa shape index (κ3) is 1.78. The van der Waals surface area contributed by atoms with E-state index in [1.54, 1.807) is 6.20 Å². The predicted molar refractivity (Wildman–Crippen MR) is 62.5 cm³/mol. The highest BCUT2D eigenvalue weighted by Crippen LogP contribution is 2.28. The van der Waals surface area contributed by atoms with Crippen LogP contribution in [0.25, 0.3) is 0 Å². The van der Waals surface area contributed by atoms with Crippen LogP contribution in [0.1, 0.15) is 38.3 Å². The molecule has 4 nitrogen and oxygen atoms in total. The van der Waals surface area contributed by atoms with Crippen molar-refractivity contribution >= 4 is 6.29 Å². The highest BCUT2D eigenvalue weighted by molar-refractivity contribution is 5.62. The maximum atomic E-state index is 11.5. The highest BCUT2D eigenvalue weighted by Gasteiger charge is 2.36. The SMILES string of the molecule is CC(C)c1ccnn1C1(C=O)CCNCC1. The Morgan fingerprint density at radius 3 is 2.75 bits per heavy atom. The van der Waals surface area contributed by atoms with Crippen molar-refractivity contribution < 1.29 is 4.79 Å². The molecular formula is C12H19N3O.